The Kier molecular flexibility index (Phi) is 4.76. The molecular weight excluding hydrogens is 270 g/mol. The summed E-state index contributed by atoms with van der Waals surface area (Å²) in [6, 6.07) is 0.524. The molecule has 0 aromatic rings. The van der Waals surface area contributed by atoms with E-state index in [-0.39, 0.29) is 18.6 Å². The Hall–Kier alpha value is -1.30. The maximum absolute atomic E-state index is 12.4. The first-order valence-corrected chi connectivity index (χ1v) is 7.89. The van der Waals surface area contributed by atoms with E-state index in [1.54, 1.807) is 6.92 Å². The van der Waals surface area contributed by atoms with Crippen LogP contribution in [0.5, 0.6) is 0 Å². The zero-order chi connectivity index (χ0) is 15.6. The second-order valence-electron chi connectivity index (χ2n) is 6.67. The number of carbonyl (C=O) groups excluding carboxylic acids is 1. The topological polar surface area (TPSA) is 72.9 Å². The first-order chi connectivity index (χ1) is 9.87. The van der Waals surface area contributed by atoms with Gasteiger partial charge in [-0.25, -0.2) is 4.79 Å². The van der Waals surface area contributed by atoms with E-state index in [4.69, 9.17) is 0 Å². The molecule has 2 amide bonds. The van der Waals surface area contributed by atoms with Crippen LogP contribution in [0.15, 0.2) is 0 Å². The van der Waals surface area contributed by atoms with Crippen LogP contribution >= 0.6 is 0 Å². The lowest BCUT2D eigenvalue weighted by molar-refractivity contribution is -0.147. The molecule has 0 aromatic carbocycles. The number of rotatable bonds is 4. The summed E-state index contributed by atoms with van der Waals surface area (Å²) in [5.74, 6) is -0.862. The van der Waals surface area contributed by atoms with Crippen LogP contribution in [0, 0.1) is 5.41 Å². The van der Waals surface area contributed by atoms with Crippen LogP contribution in [0.3, 0.4) is 0 Å². The smallest absolute Gasteiger partial charge is 0.317 e. The molecule has 0 aliphatic carbocycles. The van der Waals surface area contributed by atoms with Crippen molar-refractivity contribution in [1.82, 2.24) is 15.1 Å². The van der Waals surface area contributed by atoms with E-state index in [1.807, 2.05) is 11.8 Å². The SMILES string of the molecule is CCC(C)(CNC(=O)N1CC2CCCN2CC1C)C(=O)O. The molecule has 2 aliphatic rings. The Labute approximate surface area is 126 Å². The van der Waals surface area contributed by atoms with Gasteiger partial charge in [0.05, 0.1) is 5.41 Å². The van der Waals surface area contributed by atoms with Crippen molar-refractivity contribution in [3.8, 4) is 0 Å². The average molecular weight is 297 g/mol. The Balaban J connectivity index is 1.92. The lowest BCUT2D eigenvalue weighted by Gasteiger charge is -2.42. The number of fused-ring (bicyclic) bond motifs is 1. The number of hydrogen-bond acceptors (Lipinski definition) is 3. The second kappa shape index (κ2) is 6.22. The third kappa shape index (κ3) is 3.31. The van der Waals surface area contributed by atoms with Crippen molar-refractivity contribution in [3.63, 3.8) is 0 Å². The van der Waals surface area contributed by atoms with E-state index in [0.29, 0.717) is 12.5 Å². The lowest BCUT2D eigenvalue weighted by Crippen LogP contribution is -2.59. The van der Waals surface area contributed by atoms with Crippen molar-refractivity contribution >= 4 is 12.0 Å². The number of carbonyl (C=O) groups is 2. The molecule has 21 heavy (non-hydrogen) atoms. The third-order valence-electron chi connectivity index (χ3n) is 5.12. The maximum Gasteiger partial charge on any atom is 0.317 e. The minimum atomic E-state index is -0.895. The van der Waals surface area contributed by atoms with Gasteiger partial charge in [0.25, 0.3) is 0 Å². The fraction of sp³-hybridized carbons (Fsp3) is 0.867. The molecule has 2 rings (SSSR count). The third-order valence-corrected chi connectivity index (χ3v) is 5.12. The molecule has 6 heteroatoms. The molecular formula is C15H27N3O3. The number of urea groups is 1. The summed E-state index contributed by atoms with van der Waals surface area (Å²) < 4.78 is 0. The standard InChI is InChI=1S/C15H27N3O3/c1-4-15(3,13(19)20)10-16-14(21)18-9-12-6-5-7-17(12)8-11(18)2/h11-12H,4-10H2,1-3H3,(H,16,21)(H,19,20). The van der Waals surface area contributed by atoms with Gasteiger partial charge in [0.2, 0.25) is 0 Å². The molecule has 2 fully saturated rings. The van der Waals surface area contributed by atoms with Gasteiger partial charge in [-0.1, -0.05) is 6.92 Å². The van der Waals surface area contributed by atoms with Crippen molar-refractivity contribution in [2.45, 2.75) is 52.1 Å². The van der Waals surface area contributed by atoms with E-state index in [2.05, 4.69) is 17.1 Å². The number of hydrogen-bond donors (Lipinski definition) is 2. The fourth-order valence-corrected chi connectivity index (χ4v) is 3.19. The van der Waals surface area contributed by atoms with Crippen LogP contribution in [0.2, 0.25) is 0 Å². The van der Waals surface area contributed by atoms with Gasteiger partial charge in [0.1, 0.15) is 0 Å². The molecule has 0 aromatic heterocycles. The normalized spacial score (nSPS) is 28.8. The highest BCUT2D eigenvalue weighted by atomic mass is 16.4. The monoisotopic (exact) mass is 297 g/mol. The van der Waals surface area contributed by atoms with Gasteiger partial charge >= 0.3 is 12.0 Å². The minimum Gasteiger partial charge on any atom is -0.481 e. The maximum atomic E-state index is 12.4. The highest BCUT2D eigenvalue weighted by Crippen LogP contribution is 2.25. The second-order valence-corrected chi connectivity index (χ2v) is 6.67. The zero-order valence-electron chi connectivity index (χ0n) is 13.3. The van der Waals surface area contributed by atoms with Crippen LogP contribution in [-0.4, -0.2) is 65.2 Å². The highest BCUT2D eigenvalue weighted by molar-refractivity contribution is 5.78. The fourth-order valence-electron chi connectivity index (χ4n) is 3.19. The summed E-state index contributed by atoms with van der Waals surface area (Å²) >= 11 is 0. The molecule has 0 bridgehead atoms. The summed E-state index contributed by atoms with van der Waals surface area (Å²) in [6.45, 7) is 8.55. The summed E-state index contributed by atoms with van der Waals surface area (Å²) in [6.07, 6.45) is 2.85. The van der Waals surface area contributed by atoms with Gasteiger partial charge in [0.15, 0.2) is 0 Å². The predicted molar refractivity (Wildman–Crippen MR) is 80.2 cm³/mol. The number of piperazine rings is 1. The van der Waals surface area contributed by atoms with E-state index < -0.39 is 11.4 Å². The number of carboxylic acid groups (broad SMARTS) is 1. The van der Waals surface area contributed by atoms with Crippen molar-refractivity contribution in [2.75, 3.05) is 26.2 Å². The average Bonchev–Trinajstić information content (AvgIpc) is 2.90. The molecule has 2 heterocycles. The lowest BCUT2D eigenvalue weighted by atomic mass is 9.88. The van der Waals surface area contributed by atoms with Crippen LogP contribution < -0.4 is 5.32 Å². The number of nitrogens with one attached hydrogen (secondary N) is 1. The van der Waals surface area contributed by atoms with Crippen molar-refractivity contribution < 1.29 is 14.7 Å². The molecule has 3 atom stereocenters. The number of amides is 2. The summed E-state index contributed by atoms with van der Waals surface area (Å²) in [7, 11) is 0. The number of aliphatic carboxylic acids is 1. The van der Waals surface area contributed by atoms with Crippen molar-refractivity contribution in [2.24, 2.45) is 5.41 Å². The van der Waals surface area contributed by atoms with E-state index in [9.17, 15) is 14.7 Å². The van der Waals surface area contributed by atoms with Crippen molar-refractivity contribution in [1.29, 1.82) is 0 Å². The van der Waals surface area contributed by atoms with Gasteiger partial charge in [-0.2, -0.15) is 0 Å². The van der Waals surface area contributed by atoms with Crippen LogP contribution in [0.4, 0.5) is 4.79 Å². The first kappa shape index (κ1) is 16.1. The van der Waals surface area contributed by atoms with Gasteiger partial charge in [-0.15, -0.1) is 0 Å². The molecule has 2 saturated heterocycles. The van der Waals surface area contributed by atoms with Gasteiger partial charge in [-0.05, 0) is 39.7 Å². The summed E-state index contributed by atoms with van der Waals surface area (Å²) in [5.41, 5.74) is -0.895. The van der Waals surface area contributed by atoms with Gasteiger partial charge < -0.3 is 15.3 Å². The van der Waals surface area contributed by atoms with E-state index >= 15 is 0 Å². The summed E-state index contributed by atoms with van der Waals surface area (Å²) in [5, 5.41) is 12.1. The first-order valence-electron chi connectivity index (χ1n) is 7.89. The number of nitrogens with zero attached hydrogens (tertiary/aromatic N) is 2. The molecule has 3 unspecified atom stereocenters. The van der Waals surface area contributed by atoms with Crippen LogP contribution in [0.1, 0.15) is 40.0 Å². The Bertz CT molecular complexity index is 415. The minimum absolute atomic E-state index is 0.130. The van der Waals surface area contributed by atoms with Gasteiger partial charge in [0, 0.05) is 31.7 Å². The molecule has 120 valence electrons. The molecule has 0 saturated carbocycles. The largest absolute Gasteiger partial charge is 0.481 e. The van der Waals surface area contributed by atoms with E-state index in [0.717, 1.165) is 26.1 Å². The van der Waals surface area contributed by atoms with Crippen LogP contribution in [0.25, 0.3) is 0 Å². The molecule has 0 radical (unpaired) electrons. The molecule has 0 spiro atoms. The van der Waals surface area contributed by atoms with Crippen molar-refractivity contribution in [3.05, 3.63) is 0 Å². The Morgan fingerprint density at radius 1 is 1.38 bits per heavy atom. The van der Waals surface area contributed by atoms with E-state index in [1.165, 1.54) is 6.42 Å². The quantitative estimate of drug-likeness (QED) is 0.822. The number of carboxylic acids is 1. The molecule has 2 N–H and O–H groups in total. The Morgan fingerprint density at radius 3 is 2.71 bits per heavy atom. The molecule has 6 nitrogen and oxygen atoms in total. The zero-order valence-corrected chi connectivity index (χ0v) is 13.3. The highest BCUT2D eigenvalue weighted by Gasteiger charge is 2.37. The van der Waals surface area contributed by atoms with Gasteiger partial charge in [-0.3, -0.25) is 9.69 Å². The van der Waals surface area contributed by atoms with Crippen LogP contribution in [-0.2, 0) is 4.79 Å². The molecule has 2 aliphatic heterocycles. The Morgan fingerprint density at radius 2 is 2.10 bits per heavy atom. The predicted octanol–water partition coefficient (Wildman–Crippen LogP) is 1.37. The summed E-state index contributed by atoms with van der Waals surface area (Å²) in [4.78, 5) is 28.0.